The molecular weight excluding hydrogens is 252 g/mol. The van der Waals surface area contributed by atoms with Gasteiger partial charge in [0.25, 0.3) is 0 Å². The SMILES string of the molecule is COc1ncccc1CNC1(CCl)CCOCC1. The molecule has 0 radical (unpaired) electrons. The Kier molecular flexibility index (Phi) is 4.80. The van der Waals surface area contributed by atoms with Crippen LogP contribution >= 0.6 is 11.6 Å². The lowest BCUT2D eigenvalue weighted by Crippen LogP contribution is -2.50. The maximum atomic E-state index is 6.11. The van der Waals surface area contributed by atoms with Gasteiger partial charge in [0.05, 0.1) is 7.11 Å². The van der Waals surface area contributed by atoms with Crippen molar-refractivity contribution in [2.24, 2.45) is 0 Å². The van der Waals surface area contributed by atoms with Crippen molar-refractivity contribution < 1.29 is 9.47 Å². The minimum atomic E-state index is -0.0271. The predicted octanol–water partition coefficient (Wildman–Crippen LogP) is 1.97. The molecule has 1 aromatic heterocycles. The summed E-state index contributed by atoms with van der Waals surface area (Å²) in [6.45, 7) is 2.25. The summed E-state index contributed by atoms with van der Waals surface area (Å²) in [6, 6.07) is 3.93. The van der Waals surface area contributed by atoms with Gasteiger partial charge < -0.3 is 14.8 Å². The van der Waals surface area contributed by atoms with Gasteiger partial charge in [-0.2, -0.15) is 0 Å². The number of nitrogens with one attached hydrogen (secondary N) is 1. The van der Waals surface area contributed by atoms with Gasteiger partial charge in [-0.25, -0.2) is 4.98 Å². The van der Waals surface area contributed by atoms with Crippen molar-refractivity contribution >= 4 is 11.6 Å². The van der Waals surface area contributed by atoms with Gasteiger partial charge in [-0.05, 0) is 18.9 Å². The molecule has 1 aromatic rings. The molecule has 0 aromatic carbocycles. The minimum absolute atomic E-state index is 0.0271. The maximum Gasteiger partial charge on any atom is 0.217 e. The van der Waals surface area contributed by atoms with E-state index in [1.807, 2.05) is 12.1 Å². The molecule has 0 saturated carbocycles. The summed E-state index contributed by atoms with van der Waals surface area (Å²) in [5, 5.41) is 3.54. The van der Waals surface area contributed by atoms with Crippen LogP contribution in [-0.4, -0.2) is 36.7 Å². The highest BCUT2D eigenvalue weighted by atomic mass is 35.5. The van der Waals surface area contributed by atoms with E-state index in [4.69, 9.17) is 21.1 Å². The number of pyridine rings is 1. The number of hydrogen-bond acceptors (Lipinski definition) is 4. The lowest BCUT2D eigenvalue weighted by molar-refractivity contribution is 0.0458. The summed E-state index contributed by atoms with van der Waals surface area (Å²) < 4.78 is 10.6. The smallest absolute Gasteiger partial charge is 0.217 e. The highest BCUT2D eigenvalue weighted by molar-refractivity contribution is 6.18. The van der Waals surface area contributed by atoms with Crippen LogP contribution in [0.15, 0.2) is 18.3 Å². The van der Waals surface area contributed by atoms with E-state index in [-0.39, 0.29) is 5.54 Å². The Labute approximate surface area is 113 Å². The normalized spacial score (nSPS) is 18.6. The molecule has 1 aliphatic rings. The molecule has 2 heterocycles. The average molecular weight is 271 g/mol. The molecule has 0 aliphatic carbocycles. The summed E-state index contributed by atoms with van der Waals surface area (Å²) >= 11 is 6.11. The van der Waals surface area contributed by atoms with Crippen LogP contribution < -0.4 is 10.1 Å². The van der Waals surface area contributed by atoms with Crippen molar-refractivity contribution in [3.8, 4) is 5.88 Å². The monoisotopic (exact) mass is 270 g/mol. The minimum Gasteiger partial charge on any atom is -0.481 e. The number of methoxy groups -OCH3 is 1. The van der Waals surface area contributed by atoms with Crippen LogP contribution in [0.2, 0.25) is 0 Å². The molecule has 5 heteroatoms. The second-order valence-corrected chi connectivity index (χ2v) is 4.82. The van der Waals surface area contributed by atoms with Gasteiger partial charge in [-0.15, -0.1) is 11.6 Å². The fourth-order valence-electron chi connectivity index (χ4n) is 2.14. The van der Waals surface area contributed by atoms with E-state index in [1.54, 1.807) is 13.3 Å². The molecule has 0 bridgehead atoms. The third kappa shape index (κ3) is 3.13. The molecule has 0 atom stereocenters. The number of alkyl halides is 1. The zero-order chi connectivity index (χ0) is 12.8. The van der Waals surface area contributed by atoms with Gasteiger partial charge in [0, 0.05) is 42.9 Å². The molecule has 0 unspecified atom stereocenters. The van der Waals surface area contributed by atoms with Crippen molar-refractivity contribution in [3.63, 3.8) is 0 Å². The standard InChI is InChI=1S/C13H19ClN2O2/c1-17-12-11(3-2-6-15-12)9-16-13(10-14)4-7-18-8-5-13/h2-3,6,16H,4-5,7-10H2,1H3. The topological polar surface area (TPSA) is 43.4 Å². The number of rotatable bonds is 5. The lowest BCUT2D eigenvalue weighted by atomic mass is 9.92. The quantitative estimate of drug-likeness (QED) is 0.831. The number of ether oxygens (including phenoxy) is 2. The number of hydrogen-bond donors (Lipinski definition) is 1. The Morgan fingerprint density at radius 2 is 2.28 bits per heavy atom. The average Bonchev–Trinajstić information content (AvgIpc) is 2.46. The summed E-state index contributed by atoms with van der Waals surface area (Å²) in [4.78, 5) is 4.19. The first-order chi connectivity index (χ1) is 8.79. The van der Waals surface area contributed by atoms with Crippen LogP contribution in [0.4, 0.5) is 0 Å². The fraction of sp³-hybridized carbons (Fsp3) is 0.615. The van der Waals surface area contributed by atoms with Crippen molar-refractivity contribution in [1.82, 2.24) is 10.3 Å². The van der Waals surface area contributed by atoms with E-state index in [2.05, 4.69) is 10.3 Å². The van der Waals surface area contributed by atoms with Gasteiger partial charge >= 0.3 is 0 Å². The van der Waals surface area contributed by atoms with Gasteiger partial charge in [-0.1, -0.05) is 6.07 Å². The van der Waals surface area contributed by atoms with Crippen LogP contribution in [0.3, 0.4) is 0 Å². The first-order valence-electron chi connectivity index (χ1n) is 6.16. The lowest BCUT2D eigenvalue weighted by Gasteiger charge is -2.36. The number of halogens is 1. The van der Waals surface area contributed by atoms with Gasteiger partial charge in [0.15, 0.2) is 0 Å². The summed E-state index contributed by atoms with van der Waals surface area (Å²) in [5.74, 6) is 1.26. The highest BCUT2D eigenvalue weighted by Gasteiger charge is 2.31. The van der Waals surface area contributed by atoms with E-state index in [9.17, 15) is 0 Å². The highest BCUT2D eigenvalue weighted by Crippen LogP contribution is 2.24. The van der Waals surface area contributed by atoms with Crippen LogP contribution in [0.1, 0.15) is 18.4 Å². The molecule has 1 N–H and O–H groups in total. The van der Waals surface area contributed by atoms with E-state index >= 15 is 0 Å². The van der Waals surface area contributed by atoms with Crippen molar-refractivity contribution in [3.05, 3.63) is 23.9 Å². The molecule has 1 saturated heterocycles. The first kappa shape index (κ1) is 13.6. The van der Waals surface area contributed by atoms with Crippen LogP contribution in [0.5, 0.6) is 5.88 Å². The van der Waals surface area contributed by atoms with Gasteiger partial charge in [0.1, 0.15) is 0 Å². The predicted molar refractivity (Wildman–Crippen MR) is 71.1 cm³/mol. The van der Waals surface area contributed by atoms with E-state index in [1.165, 1.54) is 0 Å². The number of aromatic nitrogens is 1. The van der Waals surface area contributed by atoms with E-state index < -0.39 is 0 Å². The Hall–Kier alpha value is -0.840. The second kappa shape index (κ2) is 6.36. The summed E-state index contributed by atoms with van der Waals surface area (Å²) in [6.07, 6.45) is 3.62. The van der Waals surface area contributed by atoms with Gasteiger partial charge in [0.2, 0.25) is 5.88 Å². The molecule has 18 heavy (non-hydrogen) atoms. The molecule has 4 nitrogen and oxygen atoms in total. The van der Waals surface area contributed by atoms with Crippen molar-refractivity contribution in [2.45, 2.75) is 24.9 Å². The largest absolute Gasteiger partial charge is 0.481 e. The Morgan fingerprint density at radius 1 is 1.50 bits per heavy atom. The molecule has 0 amide bonds. The fourth-order valence-corrected chi connectivity index (χ4v) is 2.51. The van der Waals surface area contributed by atoms with E-state index in [0.717, 1.165) is 31.6 Å². The van der Waals surface area contributed by atoms with E-state index in [0.29, 0.717) is 18.3 Å². The second-order valence-electron chi connectivity index (χ2n) is 4.55. The Bertz CT molecular complexity index is 381. The molecule has 0 spiro atoms. The summed E-state index contributed by atoms with van der Waals surface area (Å²) in [5.41, 5.74) is 1.02. The summed E-state index contributed by atoms with van der Waals surface area (Å²) in [7, 11) is 1.64. The first-order valence-corrected chi connectivity index (χ1v) is 6.70. The Balaban J connectivity index is 2.01. The van der Waals surface area contributed by atoms with Gasteiger partial charge in [-0.3, -0.25) is 0 Å². The van der Waals surface area contributed by atoms with Crippen LogP contribution in [-0.2, 0) is 11.3 Å². The zero-order valence-electron chi connectivity index (χ0n) is 10.6. The van der Waals surface area contributed by atoms with Crippen LogP contribution in [0, 0.1) is 0 Å². The van der Waals surface area contributed by atoms with Crippen LogP contribution in [0.25, 0.3) is 0 Å². The molecule has 1 aliphatic heterocycles. The third-order valence-corrected chi connectivity index (χ3v) is 3.91. The Morgan fingerprint density at radius 3 is 2.94 bits per heavy atom. The molecule has 100 valence electrons. The zero-order valence-corrected chi connectivity index (χ0v) is 11.4. The molecule has 1 fully saturated rings. The third-order valence-electron chi connectivity index (χ3n) is 3.40. The molecular formula is C13H19ClN2O2. The van der Waals surface area contributed by atoms with Crippen molar-refractivity contribution in [1.29, 1.82) is 0 Å². The maximum absolute atomic E-state index is 6.11. The van der Waals surface area contributed by atoms with Crippen molar-refractivity contribution in [2.75, 3.05) is 26.2 Å². The number of nitrogens with zero attached hydrogens (tertiary/aromatic N) is 1. The molecule has 2 rings (SSSR count).